The lowest BCUT2D eigenvalue weighted by Gasteiger charge is -2.10. The number of hydrogen-bond donors (Lipinski definition) is 3. The van der Waals surface area contributed by atoms with Crippen molar-refractivity contribution in [1.82, 2.24) is 5.32 Å². The lowest BCUT2D eigenvalue weighted by molar-refractivity contribution is 0.0951. The SMILES string of the molecule is Cc1cccc(C(=O)NCc2cccc(CO)c2)c1N. The Balaban J connectivity index is 2.06. The lowest BCUT2D eigenvalue weighted by Crippen LogP contribution is -2.24. The first-order valence-corrected chi connectivity index (χ1v) is 6.44. The van der Waals surface area contributed by atoms with Crippen LogP contribution in [0.5, 0.6) is 0 Å². The molecular formula is C16H18N2O2. The maximum atomic E-state index is 12.1. The van der Waals surface area contributed by atoms with Crippen LogP contribution in [0.2, 0.25) is 0 Å². The molecule has 2 aromatic rings. The average molecular weight is 270 g/mol. The summed E-state index contributed by atoms with van der Waals surface area (Å²) in [5, 5.41) is 11.9. The molecule has 0 bridgehead atoms. The van der Waals surface area contributed by atoms with E-state index in [1.54, 1.807) is 6.07 Å². The molecule has 1 amide bonds. The smallest absolute Gasteiger partial charge is 0.253 e. The molecule has 4 nitrogen and oxygen atoms in total. The standard InChI is InChI=1S/C16H18N2O2/c1-11-4-2-7-14(15(11)17)16(20)18-9-12-5-3-6-13(8-12)10-19/h2-8,19H,9-10,17H2,1H3,(H,18,20). The minimum absolute atomic E-state index is 0.00733. The molecule has 0 saturated carbocycles. The number of nitrogens with two attached hydrogens (primary N) is 1. The van der Waals surface area contributed by atoms with Crippen LogP contribution in [0, 0.1) is 6.92 Å². The largest absolute Gasteiger partial charge is 0.398 e. The molecule has 0 radical (unpaired) electrons. The van der Waals surface area contributed by atoms with Gasteiger partial charge in [0.1, 0.15) is 0 Å². The third kappa shape index (κ3) is 3.16. The number of aliphatic hydroxyl groups excluding tert-OH is 1. The van der Waals surface area contributed by atoms with Gasteiger partial charge in [0.15, 0.2) is 0 Å². The molecule has 0 atom stereocenters. The van der Waals surface area contributed by atoms with Gasteiger partial charge in [0.05, 0.1) is 12.2 Å². The number of rotatable bonds is 4. The van der Waals surface area contributed by atoms with Crippen LogP contribution in [0.25, 0.3) is 0 Å². The fraction of sp³-hybridized carbons (Fsp3) is 0.188. The van der Waals surface area contributed by atoms with Gasteiger partial charge in [-0.3, -0.25) is 4.79 Å². The van der Waals surface area contributed by atoms with Crippen LogP contribution in [0.3, 0.4) is 0 Å². The number of hydrogen-bond acceptors (Lipinski definition) is 3. The third-order valence-electron chi connectivity index (χ3n) is 3.20. The Morgan fingerprint density at radius 2 is 1.90 bits per heavy atom. The topological polar surface area (TPSA) is 75.3 Å². The highest BCUT2D eigenvalue weighted by Gasteiger charge is 2.10. The summed E-state index contributed by atoms with van der Waals surface area (Å²) in [7, 11) is 0. The van der Waals surface area contributed by atoms with E-state index in [4.69, 9.17) is 10.8 Å². The van der Waals surface area contributed by atoms with Gasteiger partial charge < -0.3 is 16.2 Å². The van der Waals surface area contributed by atoms with E-state index in [2.05, 4.69) is 5.32 Å². The minimum atomic E-state index is -0.194. The van der Waals surface area contributed by atoms with Crippen LogP contribution < -0.4 is 11.1 Å². The van der Waals surface area contributed by atoms with Crippen LogP contribution in [-0.4, -0.2) is 11.0 Å². The molecule has 20 heavy (non-hydrogen) atoms. The summed E-state index contributed by atoms with van der Waals surface area (Å²) in [5.74, 6) is -0.194. The van der Waals surface area contributed by atoms with E-state index in [9.17, 15) is 4.79 Å². The van der Waals surface area contributed by atoms with E-state index in [0.29, 0.717) is 17.8 Å². The lowest BCUT2D eigenvalue weighted by atomic mass is 10.1. The van der Waals surface area contributed by atoms with Gasteiger partial charge in [0.25, 0.3) is 5.91 Å². The first-order valence-electron chi connectivity index (χ1n) is 6.44. The number of anilines is 1. The number of aliphatic hydroxyl groups is 1. The number of aryl methyl sites for hydroxylation is 1. The van der Waals surface area contributed by atoms with Gasteiger partial charge in [-0.2, -0.15) is 0 Å². The van der Waals surface area contributed by atoms with Crippen LogP contribution >= 0.6 is 0 Å². The van der Waals surface area contributed by atoms with Crippen molar-refractivity contribution in [3.8, 4) is 0 Å². The van der Waals surface area contributed by atoms with Gasteiger partial charge in [-0.25, -0.2) is 0 Å². The zero-order chi connectivity index (χ0) is 14.5. The number of nitrogen functional groups attached to an aromatic ring is 1. The van der Waals surface area contributed by atoms with Gasteiger partial charge >= 0.3 is 0 Å². The summed E-state index contributed by atoms with van der Waals surface area (Å²) < 4.78 is 0. The van der Waals surface area contributed by atoms with Crippen LogP contribution in [0.4, 0.5) is 5.69 Å². The summed E-state index contributed by atoms with van der Waals surface area (Å²) in [6, 6.07) is 12.8. The van der Waals surface area contributed by atoms with Crippen molar-refractivity contribution in [3.63, 3.8) is 0 Å². The highest BCUT2D eigenvalue weighted by molar-refractivity contribution is 5.99. The summed E-state index contributed by atoms with van der Waals surface area (Å²) in [6.07, 6.45) is 0. The molecule has 2 aromatic carbocycles. The van der Waals surface area contributed by atoms with Gasteiger partial charge in [-0.1, -0.05) is 36.4 Å². The fourth-order valence-corrected chi connectivity index (χ4v) is 1.99. The molecule has 0 aliphatic heterocycles. The van der Waals surface area contributed by atoms with Crippen molar-refractivity contribution in [1.29, 1.82) is 0 Å². The molecular weight excluding hydrogens is 252 g/mol. The number of nitrogens with one attached hydrogen (secondary N) is 1. The van der Waals surface area contributed by atoms with Crippen molar-refractivity contribution >= 4 is 11.6 Å². The van der Waals surface area contributed by atoms with E-state index in [-0.39, 0.29) is 12.5 Å². The molecule has 0 aromatic heterocycles. The molecule has 4 N–H and O–H groups in total. The van der Waals surface area contributed by atoms with E-state index in [1.807, 2.05) is 43.3 Å². The van der Waals surface area contributed by atoms with Crippen molar-refractivity contribution in [2.75, 3.05) is 5.73 Å². The van der Waals surface area contributed by atoms with Crippen molar-refractivity contribution in [2.45, 2.75) is 20.1 Å². The van der Waals surface area contributed by atoms with E-state index in [0.717, 1.165) is 16.7 Å². The highest BCUT2D eigenvalue weighted by Crippen LogP contribution is 2.16. The minimum Gasteiger partial charge on any atom is -0.398 e. The van der Waals surface area contributed by atoms with Crippen LogP contribution in [0.15, 0.2) is 42.5 Å². The van der Waals surface area contributed by atoms with Crippen molar-refractivity contribution in [2.24, 2.45) is 0 Å². The Kier molecular flexibility index (Phi) is 4.38. The van der Waals surface area contributed by atoms with Gasteiger partial charge in [0.2, 0.25) is 0 Å². The number of benzene rings is 2. The zero-order valence-electron chi connectivity index (χ0n) is 11.4. The van der Waals surface area contributed by atoms with E-state index >= 15 is 0 Å². The summed E-state index contributed by atoms with van der Waals surface area (Å²) >= 11 is 0. The fourth-order valence-electron chi connectivity index (χ4n) is 1.99. The quantitative estimate of drug-likeness (QED) is 0.744. The Labute approximate surface area is 118 Å². The third-order valence-corrected chi connectivity index (χ3v) is 3.20. The molecule has 0 aliphatic rings. The second kappa shape index (κ2) is 6.21. The second-order valence-corrected chi connectivity index (χ2v) is 4.70. The summed E-state index contributed by atoms with van der Waals surface area (Å²) in [6.45, 7) is 2.27. The van der Waals surface area contributed by atoms with E-state index < -0.39 is 0 Å². The Bertz CT molecular complexity index is 624. The number of carbonyl (C=O) groups is 1. The predicted octanol–water partition coefficient (Wildman–Crippen LogP) is 2.00. The number of carbonyl (C=O) groups excluding carboxylic acids is 1. The Morgan fingerprint density at radius 3 is 2.65 bits per heavy atom. The summed E-state index contributed by atoms with van der Waals surface area (Å²) in [4.78, 5) is 12.1. The Morgan fingerprint density at radius 1 is 1.20 bits per heavy atom. The molecule has 0 spiro atoms. The maximum absolute atomic E-state index is 12.1. The highest BCUT2D eigenvalue weighted by atomic mass is 16.3. The monoisotopic (exact) mass is 270 g/mol. The van der Waals surface area contributed by atoms with Gasteiger partial charge in [-0.05, 0) is 29.7 Å². The molecule has 0 fully saturated rings. The molecule has 104 valence electrons. The summed E-state index contributed by atoms with van der Waals surface area (Å²) in [5.41, 5.74) is 9.56. The first-order chi connectivity index (χ1) is 9.61. The maximum Gasteiger partial charge on any atom is 0.253 e. The molecule has 0 unspecified atom stereocenters. The molecule has 0 aliphatic carbocycles. The van der Waals surface area contributed by atoms with Crippen LogP contribution in [-0.2, 0) is 13.2 Å². The second-order valence-electron chi connectivity index (χ2n) is 4.70. The van der Waals surface area contributed by atoms with Crippen molar-refractivity contribution < 1.29 is 9.90 Å². The number of para-hydroxylation sites is 1. The Hall–Kier alpha value is -2.33. The molecule has 0 saturated heterocycles. The van der Waals surface area contributed by atoms with Crippen LogP contribution in [0.1, 0.15) is 27.0 Å². The van der Waals surface area contributed by atoms with Gasteiger partial charge in [-0.15, -0.1) is 0 Å². The zero-order valence-corrected chi connectivity index (χ0v) is 11.4. The number of amides is 1. The molecule has 4 heteroatoms. The predicted molar refractivity (Wildman–Crippen MR) is 79.1 cm³/mol. The van der Waals surface area contributed by atoms with E-state index in [1.165, 1.54) is 0 Å². The first kappa shape index (κ1) is 14.1. The van der Waals surface area contributed by atoms with Gasteiger partial charge in [0, 0.05) is 12.2 Å². The molecule has 2 rings (SSSR count). The average Bonchev–Trinajstić information content (AvgIpc) is 2.48. The van der Waals surface area contributed by atoms with Crippen molar-refractivity contribution in [3.05, 3.63) is 64.7 Å². The molecule has 0 heterocycles. The normalized spacial score (nSPS) is 10.3.